The first kappa shape index (κ1) is 15.8. The van der Waals surface area contributed by atoms with Crippen molar-refractivity contribution < 1.29 is 9.59 Å². The lowest BCUT2D eigenvalue weighted by Gasteiger charge is -2.29. The average Bonchev–Trinajstić information content (AvgIpc) is 3.18. The van der Waals surface area contributed by atoms with Crippen LogP contribution in [0.1, 0.15) is 25.5 Å². The van der Waals surface area contributed by atoms with E-state index in [1.165, 1.54) is 0 Å². The molecule has 2 amide bonds. The number of aromatic nitrogens is 2. The Labute approximate surface area is 148 Å². The molecule has 0 bridgehead atoms. The number of hydrogen-bond acceptors (Lipinski definition) is 4. The molecule has 2 saturated heterocycles. The second-order valence-electron chi connectivity index (χ2n) is 6.33. The molecule has 2 aromatic rings. The predicted octanol–water partition coefficient (Wildman–Crippen LogP) is 2.06. The Balaban J connectivity index is 1.45. The molecular formula is C16H17ClN4O2S. The van der Waals surface area contributed by atoms with Gasteiger partial charge in [0.15, 0.2) is 0 Å². The van der Waals surface area contributed by atoms with Crippen LogP contribution in [0.2, 0.25) is 5.02 Å². The molecule has 0 spiro atoms. The number of fused-ring (bicyclic) bond motifs is 2. The molecule has 4 heterocycles. The molecule has 8 heteroatoms. The number of carbonyl (C=O) groups excluding carboxylic acids is 2. The van der Waals surface area contributed by atoms with Crippen molar-refractivity contribution in [2.75, 3.05) is 5.75 Å². The van der Waals surface area contributed by atoms with Crippen molar-refractivity contribution >= 4 is 40.8 Å². The highest BCUT2D eigenvalue weighted by Gasteiger charge is 2.52. The molecule has 24 heavy (non-hydrogen) atoms. The van der Waals surface area contributed by atoms with E-state index in [9.17, 15) is 9.59 Å². The van der Waals surface area contributed by atoms with Crippen molar-refractivity contribution in [3.8, 4) is 0 Å². The number of rotatable bonds is 3. The number of nitrogens with zero attached hydrogens (tertiary/aromatic N) is 3. The lowest BCUT2D eigenvalue weighted by molar-refractivity contribution is -0.138. The molecule has 2 aliphatic heterocycles. The summed E-state index contributed by atoms with van der Waals surface area (Å²) < 4.78 is 1.83. The van der Waals surface area contributed by atoms with Gasteiger partial charge in [0.25, 0.3) is 0 Å². The van der Waals surface area contributed by atoms with Gasteiger partial charge in [0.2, 0.25) is 11.8 Å². The summed E-state index contributed by atoms with van der Waals surface area (Å²) in [6, 6.07) is 3.22. The van der Waals surface area contributed by atoms with Crippen LogP contribution in [0.3, 0.4) is 0 Å². The molecule has 2 fully saturated rings. The number of carbonyl (C=O) groups is 2. The van der Waals surface area contributed by atoms with E-state index in [4.69, 9.17) is 11.6 Å². The molecule has 2 aliphatic rings. The number of halogens is 1. The van der Waals surface area contributed by atoms with Gasteiger partial charge in [-0.05, 0) is 25.5 Å². The van der Waals surface area contributed by atoms with E-state index < -0.39 is 0 Å². The quantitative estimate of drug-likeness (QED) is 0.905. The number of hydrogen-bond donors (Lipinski definition) is 1. The van der Waals surface area contributed by atoms with Crippen LogP contribution in [-0.4, -0.2) is 42.8 Å². The smallest absolute Gasteiger partial charge is 0.244 e. The van der Waals surface area contributed by atoms with Crippen LogP contribution >= 0.6 is 23.4 Å². The van der Waals surface area contributed by atoms with Crippen molar-refractivity contribution in [1.82, 2.24) is 19.6 Å². The first-order valence-electron chi connectivity index (χ1n) is 7.83. The maximum absolute atomic E-state index is 12.5. The zero-order valence-corrected chi connectivity index (χ0v) is 14.7. The van der Waals surface area contributed by atoms with E-state index >= 15 is 0 Å². The molecule has 0 saturated carbocycles. The molecule has 0 radical (unpaired) electrons. The monoisotopic (exact) mass is 364 g/mol. The second-order valence-corrected chi connectivity index (χ2v) is 8.27. The molecule has 0 aliphatic carbocycles. The Morgan fingerprint density at radius 1 is 1.50 bits per heavy atom. The highest BCUT2D eigenvalue weighted by Crippen LogP contribution is 2.47. The van der Waals surface area contributed by atoms with Gasteiger partial charge in [-0.2, -0.15) is 0 Å². The van der Waals surface area contributed by atoms with E-state index in [-0.39, 0.29) is 22.7 Å². The van der Waals surface area contributed by atoms with Gasteiger partial charge in [0.1, 0.15) is 11.7 Å². The molecule has 2 unspecified atom stereocenters. The van der Waals surface area contributed by atoms with Gasteiger partial charge >= 0.3 is 0 Å². The summed E-state index contributed by atoms with van der Waals surface area (Å²) in [7, 11) is 0. The third-order valence-corrected chi connectivity index (χ3v) is 6.38. The molecular weight excluding hydrogens is 348 g/mol. The fraction of sp³-hybridized carbons (Fsp3) is 0.438. The first-order valence-corrected chi connectivity index (χ1v) is 9.20. The van der Waals surface area contributed by atoms with Crippen LogP contribution in [0.15, 0.2) is 24.5 Å². The van der Waals surface area contributed by atoms with Crippen LogP contribution < -0.4 is 5.32 Å². The second kappa shape index (κ2) is 5.67. The topological polar surface area (TPSA) is 66.7 Å². The van der Waals surface area contributed by atoms with Gasteiger partial charge in [0, 0.05) is 24.6 Å². The lowest BCUT2D eigenvalue weighted by Crippen LogP contribution is -2.49. The van der Waals surface area contributed by atoms with E-state index in [2.05, 4.69) is 10.3 Å². The van der Waals surface area contributed by atoms with Crippen LogP contribution in [-0.2, 0) is 16.1 Å². The largest absolute Gasteiger partial charge is 0.349 e. The third kappa shape index (κ3) is 2.56. The summed E-state index contributed by atoms with van der Waals surface area (Å²) in [5.74, 6) is 0.607. The third-order valence-electron chi connectivity index (χ3n) is 4.66. The Hall–Kier alpha value is -1.73. The molecule has 0 aromatic carbocycles. The molecule has 6 nitrogen and oxygen atoms in total. The normalized spacial score (nSPS) is 26.2. The summed E-state index contributed by atoms with van der Waals surface area (Å²) >= 11 is 7.65. The number of pyridine rings is 1. The average molecular weight is 365 g/mol. The highest BCUT2D eigenvalue weighted by molar-refractivity contribution is 8.01. The van der Waals surface area contributed by atoms with Gasteiger partial charge in [-0.3, -0.25) is 9.59 Å². The minimum Gasteiger partial charge on any atom is -0.349 e. The van der Waals surface area contributed by atoms with Crippen molar-refractivity contribution in [1.29, 1.82) is 0 Å². The van der Waals surface area contributed by atoms with Gasteiger partial charge in [-0.25, -0.2) is 4.98 Å². The summed E-state index contributed by atoms with van der Waals surface area (Å²) in [4.78, 5) is 30.6. The molecule has 1 N–H and O–H groups in total. The Morgan fingerprint density at radius 3 is 3.17 bits per heavy atom. The zero-order chi connectivity index (χ0) is 16.9. The predicted molar refractivity (Wildman–Crippen MR) is 92.8 cm³/mol. The van der Waals surface area contributed by atoms with Crippen molar-refractivity contribution in [3.05, 3.63) is 35.2 Å². The summed E-state index contributed by atoms with van der Waals surface area (Å²) in [6.45, 7) is 2.37. The maximum Gasteiger partial charge on any atom is 0.244 e. The molecule has 2 atom stereocenters. The highest BCUT2D eigenvalue weighted by atomic mass is 35.5. The van der Waals surface area contributed by atoms with Crippen molar-refractivity contribution in [2.45, 2.75) is 37.2 Å². The maximum atomic E-state index is 12.5. The Morgan fingerprint density at radius 2 is 2.33 bits per heavy atom. The minimum absolute atomic E-state index is 0.0741. The van der Waals surface area contributed by atoms with Crippen molar-refractivity contribution in [2.24, 2.45) is 0 Å². The number of imidazole rings is 1. The van der Waals surface area contributed by atoms with Crippen LogP contribution in [0.4, 0.5) is 0 Å². The van der Waals surface area contributed by atoms with Gasteiger partial charge in [-0.1, -0.05) is 11.6 Å². The van der Waals surface area contributed by atoms with E-state index in [0.717, 1.165) is 17.8 Å². The molecule has 126 valence electrons. The SMILES string of the molecule is CC12CCC(=O)N1C(C(=O)NCc1cn3cc(Cl)ccc3n1)CS2. The number of nitrogens with one attached hydrogen (secondary N) is 1. The molecule has 4 rings (SSSR count). The summed E-state index contributed by atoms with van der Waals surface area (Å²) in [5.41, 5.74) is 1.54. The molecule has 2 aromatic heterocycles. The lowest BCUT2D eigenvalue weighted by atomic mass is 10.2. The van der Waals surface area contributed by atoms with E-state index in [0.29, 0.717) is 23.7 Å². The summed E-state index contributed by atoms with van der Waals surface area (Å²) in [6.07, 6.45) is 4.96. The standard InChI is InChI=1S/C16H17ClN4O2S/c1-16-5-4-14(22)21(16)12(9-24-16)15(23)18-6-11-8-20-7-10(17)2-3-13(20)19-11/h2-3,7-8,12H,4-6,9H2,1H3,(H,18,23). The van der Waals surface area contributed by atoms with Crippen molar-refractivity contribution in [3.63, 3.8) is 0 Å². The van der Waals surface area contributed by atoms with Gasteiger partial charge in [-0.15, -0.1) is 11.8 Å². The van der Waals surface area contributed by atoms with E-state index in [1.807, 2.05) is 23.6 Å². The summed E-state index contributed by atoms with van der Waals surface area (Å²) in [5, 5.41) is 3.54. The Kier molecular flexibility index (Phi) is 3.73. The van der Waals surface area contributed by atoms with Crippen LogP contribution in [0.25, 0.3) is 5.65 Å². The van der Waals surface area contributed by atoms with Crippen LogP contribution in [0, 0.1) is 0 Å². The number of amides is 2. The van der Waals surface area contributed by atoms with Crippen LogP contribution in [0.5, 0.6) is 0 Å². The zero-order valence-electron chi connectivity index (χ0n) is 13.2. The minimum atomic E-state index is -0.388. The number of thioether (sulfide) groups is 1. The first-order chi connectivity index (χ1) is 11.5. The fourth-order valence-electron chi connectivity index (χ4n) is 3.41. The Bertz CT molecular complexity index is 839. The van der Waals surface area contributed by atoms with Gasteiger partial charge in [0.05, 0.1) is 22.1 Å². The van der Waals surface area contributed by atoms with E-state index in [1.54, 1.807) is 28.9 Å². The van der Waals surface area contributed by atoms with Gasteiger partial charge < -0.3 is 14.6 Å². The fourth-order valence-corrected chi connectivity index (χ4v) is 5.01.